The number of hydrogen-bond acceptors (Lipinski definition) is 3. The molecular weight excluding hydrogens is 222 g/mol. The Morgan fingerprint density at radius 3 is 2.06 bits per heavy atom. The zero-order chi connectivity index (χ0) is 12.3. The molecule has 0 radical (unpaired) electrons. The molecule has 1 aromatic carbocycles. The molecule has 0 aliphatic carbocycles. The lowest BCUT2D eigenvalue weighted by Crippen LogP contribution is -2.24. The molecule has 0 amide bonds. The van der Waals surface area contributed by atoms with E-state index in [1.807, 2.05) is 26.0 Å². The SMILES string of the molecule is CNC(CS(C)(=O)=O)c1cc(C)cc(C)c1. The maximum atomic E-state index is 11.3. The van der Waals surface area contributed by atoms with Gasteiger partial charge in [-0.25, -0.2) is 8.42 Å². The van der Waals surface area contributed by atoms with Crippen molar-refractivity contribution in [3.05, 3.63) is 34.9 Å². The predicted octanol–water partition coefficient (Wildman–Crippen LogP) is 1.61. The number of benzene rings is 1. The zero-order valence-corrected chi connectivity index (χ0v) is 11.1. The minimum atomic E-state index is -2.97. The van der Waals surface area contributed by atoms with Crippen LogP contribution in [0.2, 0.25) is 0 Å². The summed E-state index contributed by atoms with van der Waals surface area (Å²) in [5.41, 5.74) is 3.35. The summed E-state index contributed by atoms with van der Waals surface area (Å²) in [7, 11) is -1.19. The predicted molar refractivity (Wildman–Crippen MR) is 67.4 cm³/mol. The lowest BCUT2D eigenvalue weighted by atomic mass is 10.0. The van der Waals surface area contributed by atoms with Crippen molar-refractivity contribution in [3.8, 4) is 0 Å². The molecule has 1 atom stereocenters. The van der Waals surface area contributed by atoms with E-state index in [4.69, 9.17) is 0 Å². The number of sulfone groups is 1. The molecule has 0 heterocycles. The van der Waals surface area contributed by atoms with Gasteiger partial charge in [0.25, 0.3) is 0 Å². The maximum absolute atomic E-state index is 11.3. The molecular formula is C12H19NO2S. The molecule has 3 nitrogen and oxygen atoms in total. The minimum Gasteiger partial charge on any atom is -0.312 e. The maximum Gasteiger partial charge on any atom is 0.149 e. The van der Waals surface area contributed by atoms with Gasteiger partial charge in [-0.05, 0) is 26.5 Å². The van der Waals surface area contributed by atoms with Crippen molar-refractivity contribution in [1.29, 1.82) is 0 Å². The van der Waals surface area contributed by atoms with E-state index in [1.165, 1.54) is 6.26 Å². The molecule has 0 aliphatic rings. The highest BCUT2D eigenvalue weighted by molar-refractivity contribution is 7.90. The van der Waals surface area contributed by atoms with Crippen molar-refractivity contribution >= 4 is 9.84 Å². The van der Waals surface area contributed by atoms with Crippen LogP contribution in [0, 0.1) is 13.8 Å². The molecule has 0 aliphatic heterocycles. The second-order valence-electron chi connectivity index (χ2n) is 4.35. The van der Waals surface area contributed by atoms with Gasteiger partial charge in [-0.3, -0.25) is 0 Å². The third kappa shape index (κ3) is 3.94. The summed E-state index contributed by atoms with van der Waals surface area (Å²) in [6, 6.07) is 6.00. The van der Waals surface area contributed by atoms with Crippen molar-refractivity contribution < 1.29 is 8.42 Å². The van der Waals surface area contributed by atoms with Gasteiger partial charge in [-0.2, -0.15) is 0 Å². The molecule has 0 bridgehead atoms. The van der Waals surface area contributed by atoms with Crippen LogP contribution in [0.4, 0.5) is 0 Å². The normalized spacial score (nSPS) is 13.8. The lowest BCUT2D eigenvalue weighted by Gasteiger charge is -2.16. The second-order valence-corrected chi connectivity index (χ2v) is 6.54. The minimum absolute atomic E-state index is 0.131. The van der Waals surface area contributed by atoms with E-state index in [1.54, 1.807) is 7.05 Å². The summed E-state index contributed by atoms with van der Waals surface area (Å²) in [6.45, 7) is 4.04. The molecule has 1 N–H and O–H groups in total. The van der Waals surface area contributed by atoms with Crippen LogP contribution in [-0.2, 0) is 9.84 Å². The van der Waals surface area contributed by atoms with Gasteiger partial charge in [0.1, 0.15) is 9.84 Å². The Bertz CT molecular complexity index is 446. The molecule has 0 saturated carbocycles. The van der Waals surface area contributed by atoms with Gasteiger partial charge in [0, 0.05) is 12.3 Å². The highest BCUT2D eigenvalue weighted by Gasteiger charge is 2.15. The van der Waals surface area contributed by atoms with Crippen LogP contribution in [0.3, 0.4) is 0 Å². The monoisotopic (exact) mass is 241 g/mol. The average molecular weight is 241 g/mol. The number of nitrogens with one attached hydrogen (secondary N) is 1. The Kier molecular flexibility index (Phi) is 4.10. The Balaban J connectivity index is 3.04. The Labute approximate surface area is 97.8 Å². The number of aryl methyl sites for hydroxylation is 2. The molecule has 0 aromatic heterocycles. The Hall–Kier alpha value is -0.870. The largest absolute Gasteiger partial charge is 0.312 e. The van der Waals surface area contributed by atoms with Crippen molar-refractivity contribution in [3.63, 3.8) is 0 Å². The van der Waals surface area contributed by atoms with Gasteiger partial charge in [0.05, 0.1) is 5.75 Å². The van der Waals surface area contributed by atoms with Crippen molar-refractivity contribution in [2.24, 2.45) is 0 Å². The van der Waals surface area contributed by atoms with Gasteiger partial charge in [-0.1, -0.05) is 29.3 Å². The summed E-state index contributed by atoms with van der Waals surface area (Å²) >= 11 is 0. The first-order chi connectivity index (χ1) is 7.31. The van der Waals surface area contributed by atoms with E-state index in [0.29, 0.717) is 0 Å². The molecule has 0 saturated heterocycles. The van der Waals surface area contributed by atoms with Gasteiger partial charge >= 0.3 is 0 Å². The van der Waals surface area contributed by atoms with Crippen LogP contribution < -0.4 is 5.32 Å². The zero-order valence-electron chi connectivity index (χ0n) is 10.2. The fourth-order valence-corrected chi connectivity index (χ4v) is 2.82. The molecule has 90 valence electrons. The highest BCUT2D eigenvalue weighted by Crippen LogP contribution is 2.18. The standard InChI is InChI=1S/C12H19NO2S/c1-9-5-10(2)7-11(6-9)12(13-3)8-16(4,14)15/h5-7,12-13H,8H2,1-4H3. The smallest absolute Gasteiger partial charge is 0.149 e. The van der Waals surface area contributed by atoms with Gasteiger partial charge in [0.15, 0.2) is 0 Å². The molecule has 16 heavy (non-hydrogen) atoms. The Morgan fingerprint density at radius 2 is 1.69 bits per heavy atom. The molecule has 4 heteroatoms. The first-order valence-electron chi connectivity index (χ1n) is 5.25. The van der Waals surface area contributed by atoms with E-state index in [-0.39, 0.29) is 11.8 Å². The van der Waals surface area contributed by atoms with Crippen molar-refractivity contribution in [2.75, 3.05) is 19.1 Å². The van der Waals surface area contributed by atoms with E-state index >= 15 is 0 Å². The van der Waals surface area contributed by atoms with Gasteiger partial charge in [-0.15, -0.1) is 0 Å². The molecule has 1 aromatic rings. The molecule has 0 fully saturated rings. The highest BCUT2D eigenvalue weighted by atomic mass is 32.2. The first kappa shape index (κ1) is 13.2. The average Bonchev–Trinajstić information content (AvgIpc) is 2.11. The first-order valence-corrected chi connectivity index (χ1v) is 7.31. The van der Waals surface area contributed by atoms with Crippen LogP contribution >= 0.6 is 0 Å². The third-order valence-electron chi connectivity index (χ3n) is 2.46. The summed E-state index contributed by atoms with van der Waals surface area (Å²) in [5.74, 6) is 0.131. The van der Waals surface area contributed by atoms with Crippen LogP contribution in [-0.4, -0.2) is 27.5 Å². The number of rotatable bonds is 4. The molecule has 1 unspecified atom stereocenters. The fraction of sp³-hybridized carbons (Fsp3) is 0.500. The summed E-state index contributed by atoms with van der Waals surface area (Å²) in [5, 5.41) is 3.05. The number of hydrogen-bond donors (Lipinski definition) is 1. The van der Waals surface area contributed by atoms with Crippen LogP contribution in [0.25, 0.3) is 0 Å². The van der Waals surface area contributed by atoms with E-state index in [0.717, 1.165) is 16.7 Å². The Morgan fingerprint density at radius 1 is 1.19 bits per heavy atom. The molecule has 0 spiro atoms. The van der Waals surface area contributed by atoms with Crippen LogP contribution in [0.1, 0.15) is 22.7 Å². The lowest BCUT2D eigenvalue weighted by molar-refractivity contribution is 0.579. The van der Waals surface area contributed by atoms with Crippen LogP contribution in [0.5, 0.6) is 0 Å². The van der Waals surface area contributed by atoms with Crippen molar-refractivity contribution in [1.82, 2.24) is 5.32 Å². The van der Waals surface area contributed by atoms with Crippen molar-refractivity contribution in [2.45, 2.75) is 19.9 Å². The quantitative estimate of drug-likeness (QED) is 0.871. The van der Waals surface area contributed by atoms with Gasteiger partial charge < -0.3 is 5.32 Å². The van der Waals surface area contributed by atoms with E-state index in [2.05, 4.69) is 11.4 Å². The summed E-state index contributed by atoms with van der Waals surface area (Å²) < 4.78 is 22.6. The summed E-state index contributed by atoms with van der Waals surface area (Å²) in [4.78, 5) is 0. The summed E-state index contributed by atoms with van der Waals surface area (Å²) in [6.07, 6.45) is 1.26. The van der Waals surface area contributed by atoms with E-state index < -0.39 is 9.84 Å². The van der Waals surface area contributed by atoms with Gasteiger partial charge in [0.2, 0.25) is 0 Å². The second kappa shape index (κ2) is 4.97. The molecule has 1 rings (SSSR count). The third-order valence-corrected chi connectivity index (χ3v) is 3.40. The van der Waals surface area contributed by atoms with E-state index in [9.17, 15) is 8.42 Å². The van der Waals surface area contributed by atoms with Crippen LogP contribution in [0.15, 0.2) is 18.2 Å². The fourth-order valence-electron chi connectivity index (χ4n) is 1.86. The topological polar surface area (TPSA) is 46.2 Å².